The summed E-state index contributed by atoms with van der Waals surface area (Å²) >= 11 is 0. The summed E-state index contributed by atoms with van der Waals surface area (Å²) in [7, 11) is 9.99. The van der Waals surface area contributed by atoms with Crippen molar-refractivity contribution in [1.29, 1.82) is 0 Å². The highest BCUT2D eigenvalue weighted by Gasteiger charge is 2.52. The first kappa shape index (κ1) is 83.8. The smallest absolute Gasteiger partial charge is 0.422 e. The first-order valence-electron chi connectivity index (χ1n) is 36.1. The van der Waals surface area contributed by atoms with Crippen molar-refractivity contribution in [1.82, 2.24) is 49.4 Å². The van der Waals surface area contributed by atoms with Gasteiger partial charge in [0.25, 0.3) is 0 Å². The second-order valence-electron chi connectivity index (χ2n) is 29.5. The number of nitrogens with zero attached hydrogens (tertiary/aromatic N) is 9. The molecule has 4 fully saturated rings. The number of hydrogen-bond donors (Lipinski definition) is 3. The van der Waals surface area contributed by atoms with Crippen LogP contribution in [-0.2, 0) is 76.6 Å². The molecular formula is C74H108F5N11O13. The fourth-order valence-electron chi connectivity index (χ4n) is 15.1. The van der Waals surface area contributed by atoms with Crippen molar-refractivity contribution in [2.45, 2.75) is 224 Å². The molecule has 572 valence electrons. The second-order valence-corrected chi connectivity index (χ2v) is 29.5. The van der Waals surface area contributed by atoms with Crippen molar-refractivity contribution in [3.05, 3.63) is 70.3 Å². The van der Waals surface area contributed by atoms with Gasteiger partial charge in [0.2, 0.25) is 59.1 Å². The number of Topliss-reactive ketones (excluding diaryl/α,β-unsaturated/α-hetero) is 1. The molecule has 2 aliphatic heterocycles. The van der Waals surface area contributed by atoms with Crippen LogP contribution >= 0.6 is 0 Å². The molecular weight excluding hydrogens is 1350 g/mol. The lowest BCUT2D eigenvalue weighted by molar-refractivity contribution is -0.161. The Morgan fingerprint density at radius 3 is 1.79 bits per heavy atom. The molecule has 0 radical (unpaired) electrons. The molecule has 10 amide bonds. The Hall–Kier alpha value is -8.11. The number of halogens is 5. The zero-order chi connectivity index (χ0) is 77.0. The van der Waals surface area contributed by atoms with E-state index in [1.165, 1.54) is 90.6 Å². The largest absolute Gasteiger partial charge is 0.480 e. The molecule has 0 bridgehead atoms. The standard InChI is InChI=1S/C74H108F5N11O13/c1-15-45(6)50(66(97)84(11)46(7)65(96)90-35-31-55(90)70(101)88(16-2)58(69(100)83(10)42-61(93)94)39-47-27-25-44(5)26-28-47)40-59(91)56(36-43(3)4)85(12)60(92)41-57(68(99)82(8)9)86(13)71(102)63(49-22-17-18-23-49)87(14)72(103)73(32-19-20-33-73)81-64(95)54-24-21-34-89(54)67(98)53(80)30-29-48-37-51(75)62(52(76)38-48)74(77,78)79/h25-28,37-38,43,45-46,49-50,53-58,63H,15-24,29-36,39-42,80H2,1-14H3,(H,81,95)(H,93,94)/t45-,46-,50-,53-,54-,55-,56-,57-,58-,63-/m0/s1. The summed E-state index contributed by atoms with van der Waals surface area (Å²) < 4.78 is 68.6. The zero-order valence-electron chi connectivity index (χ0n) is 62.3. The predicted octanol–water partition coefficient (Wildman–Crippen LogP) is 6.24. The van der Waals surface area contributed by atoms with Gasteiger partial charge >= 0.3 is 12.1 Å². The molecule has 0 spiro atoms. The third-order valence-corrected chi connectivity index (χ3v) is 21.7. The summed E-state index contributed by atoms with van der Waals surface area (Å²) in [6, 6.07) is -1.00. The van der Waals surface area contributed by atoms with E-state index in [1.54, 1.807) is 13.8 Å². The van der Waals surface area contributed by atoms with E-state index in [1.807, 2.05) is 52.0 Å². The maximum absolute atomic E-state index is 15.4. The SMILES string of the molecule is CC[C@H](C)[C@H](CC(=O)[C@H](CC(C)C)N(C)C(=O)C[C@@H](C(=O)N(C)C)N(C)C(=O)[C@H](C1CCCC1)N(C)C(=O)C1(NC(=O)[C@@H]2CCCN2C(=O)[C@@H](N)CCc2cc(F)c(C(F)(F)F)c(F)c2)CCCC1)C(=O)N(C)[C@@H](C)C(=O)N1CC[C@H]1C(=O)N(CC)[C@@H](Cc1ccc(C)cc1)C(=O)N(C)CC(=O)O. The molecule has 10 atom stereocenters. The molecule has 103 heavy (non-hydrogen) atoms. The Morgan fingerprint density at radius 1 is 0.670 bits per heavy atom. The van der Waals surface area contributed by atoms with Crippen LogP contribution in [0.4, 0.5) is 22.0 Å². The Labute approximate surface area is 601 Å². The van der Waals surface area contributed by atoms with E-state index >= 15 is 9.59 Å². The highest BCUT2D eigenvalue weighted by molar-refractivity contribution is 6.00. The highest BCUT2D eigenvalue weighted by Crippen LogP contribution is 2.39. The quantitative estimate of drug-likeness (QED) is 0.0667. The summed E-state index contributed by atoms with van der Waals surface area (Å²) in [5.41, 5.74) is 4.23. The minimum absolute atomic E-state index is 0.0566. The molecule has 2 aromatic carbocycles. The number of likely N-dealkylation sites (N-methyl/N-ethyl adjacent to an activating group) is 7. The molecule has 29 heteroatoms. The van der Waals surface area contributed by atoms with Gasteiger partial charge in [-0.15, -0.1) is 0 Å². The normalized spacial score (nSPS) is 19.0. The number of rotatable bonds is 33. The molecule has 6 rings (SSSR count). The van der Waals surface area contributed by atoms with E-state index in [-0.39, 0.29) is 88.9 Å². The number of carbonyl (C=O) groups is 12. The lowest BCUT2D eigenvalue weighted by Crippen LogP contribution is -2.65. The zero-order valence-corrected chi connectivity index (χ0v) is 62.3. The highest BCUT2D eigenvalue weighted by atomic mass is 19.4. The van der Waals surface area contributed by atoms with Crippen LogP contribution in [0.3, 0.4) is 0 Å². The lowest BCUT2D eigenvalue weighted by atomic mass is 9.83. The third kappa shape index (κ3) is 20.0. The first-order chi connectivity index (χ1) is 48.2. The maximum Gasteiger partial charge on any atom is 0.422 e. The number of ketones is 1. The summed E-state index contributed by atoms with van der Waals surface area (Å²) in [6.07, 6.45) is -1.39. The van der Waals surface area contributed by atoms with Gasteiger partial charge in [0.15, 0.2) is 5.78 Å². The summed E-state index contributed by atoms with van der Waals surface area (Å²) in [6.45, 7) is 12.2. The van der Waals surface area contributed by atoms with Gasteiger partial charge in [-0.1, -0.05) is 89.6 Å². The summed E-state index contributed by atoms with van der Waals surface area (Å²) in [4.78, 5) is 184. The van der Waals surface area contributed by atoms with Crippen LogP contribution in [0.1, 0.15) is 167 Å². The van der Waals surface area contributed by atoms with Crippen molar-refractivity contribution in [3.8, 4) is 0 Å². The van der Waals surface area contributed by atoms with Crippen LogP contribution in [0.5, 0.6) is 0 Å². The number of hydrogen-bond acceptors (Lipinski definition) is 13. The number of benzene rings is 2. The van der Waals surface area contributed by atoms with E-state index in [0.717, 1.165) is 33.8 Å². The van der Waals surface area contributed by atoms with E-state index in [2.05, 4.69) is 5.32 Å². The molecule has 2 saturated carbocycles. The number of carboxylic acid groups (broad SMARTS) is 1. The number of alkyl halides is 3. The number of amides is 10. The number of carboxylic acids is 1. The number of nitrogens with two attached hydrogens (primary N) is 1. The molecule has 2 aliphatic carbocycles. The number of nitrogens with one attached hydrogen (secondary N) is 1. The molecule has 2 heterocycles. The van der Waals surface area contributed by atoms with E-state index < -0.39 is 179 Å². The minimum atomic E-state index is -5.28. The van der Waals surface area contributed by atoms with Crippen molar-refractivity contribution in [2.75, 3.05) is 75.5 Å². The average Bonchev–Trinajstić information content (AvgIpc) is 1.74. The first-order valence-corrected chi connectivity index (χ1v) is 36.1. The van der Waals surface area contributed by atoms with Gasteiger partial charge in [-0.05, 0) is 126 Å². The van der Waals surface area contributed by atoms with Crippen molar-refractivity contribution in [2.24, 2.45) is 29.4 Å². The van der Waals surface area contributed by atoms with Gasteiger partial charge in [-0.3, -0.25) is 57.5 Å². The fourth-order valence-corrected chi connectivity index (χ4v) is 15.1. The molecule has 0 unspecified atom stereocenters. The predicted molar refractivity (Wildman–Crippen MR) is 372 cm³/mol. The Bertz CT molecular complexity index is 3390. The Kier molecular flexibility index (Phi) is 29.3. The molecule has 4 N–H and O–H groups in total. The van der Waals surface area contributed by atoms with Crippen LogP contribution in [0.25, 0.3) is 0 Å². The maximum atomic E-state index is 15.4. The Morgan fingerprint density at radius 2 is 1.26 bits per heavy atom. The third-order valence-electron chi connectivity index (χ3n) is 21.7. The lowest BCUT2D eigenvalue weighted by Gasteiger charge is -2.45. The monoisotopic (exact) mass is 1450 g/mol. The van der Waals surface area contributed by atoms with Crippen LogP contribution in [0, 0.1) is 42.2 Å². The second kappa shape index (κ2) is 36.1. The summed E-state index contributed by atoms with van der Waals surface area (Å²) in [5.74, 6) is -13.4. The van der Waals surface area contributed by atoms with E-state index in [9.17, 15) is 75.0 Å². The van der Waals surface area contributed by atoms with Crippen LogP contribution in [0.15, 0.2) is 36.4 Å². The van der Waals surface area contributed by atoms with Gasteiger partial charge in [0.05, 0.1) is 18.5 Å². The van der Waals surface area contributed by atoms with Gasteiger partial charge in [-0.2, -0.15) is 13.2 Å². The fraction of sp³-hybridized carbons (Fsp3) is 0.676. The topological polar surface area (TPSA) is 292 Å². The number of likely N-dealkylation sites (tertiary alicyclic amines) is 2. The molecule has 2 aromatic rings. The van der Waals surface area contributed by atoms with Crippen molar-refractivity contribution < 1.29 is 84.6 Å². The molecule has 24 nitrogen and oxygen atoms in total. The molecule has 0 aromatic heterocycles. The van der Waals surface area contributed by atoms with Crippen LogP contribution in [0.2, 0.25) is 0 Å². The van der Waals surface area contributed by atoms with Gasteiger partial charge in [0.1, 0.15) is 65.5 Å². The number of aryl methyl sites for hydroxylation is 2. The van der Waals surface area contributed by atoms with Gasteiger partial charge in [0, 0.05) is 87.7 Å². The van der Waals surface area contributed by atoms with E-state index in [4.69, 9.17) is 5.73 Å². The molecule has 4 aliphatic rings. The van der Waals surface area contributed by atoms with Crippen molar-refractivity contribution in [3.63, 3.8) is 0 Å². The summed E-state index contributed by atoms with van der Waals surface area (Å²) in [5, 5.41) is 12.5. The molecule has 2 saturated heterocycles. The van der Waals surface area contributed by atoms with E-state index in [0.29, 0.717) is 50.7 Å². The Balaban J connectivity index is 1.16. The number of carbonyl (C=O) groups excluding carboxylic acids is 11. The average molecular weight is 1450 g/mol. The van der Waals surface area contributed by atoms with Gasteiger partial charge < -0.3 is 60.3 Å². The van der Waals surface area contributed by atoms with Crippen LogP contribution in [-0.4, -0.2) is 249 Å². The van der Waals surface area contributed by atoms with Crippen molar-refractivity contribution >= 4 is 70.8 Å². The van der Waals surface area contributed by atoms with Crippen LogP contribution < -0.4 is 11.1 Å². The number of aliphatic carboxylic acids is 1. The minimum Gasteiger partial charge on any atom is -0.480 e. The van der Waals surface area contributed by atoms with Gasteiger partial charge in [-0.25, -0.2) is 8.78 Å².